The molecule has 1 saturated carbocycles. The van der Waals surface area contributed by atoms with Gasteiger partial charge in [-0.05, 0) is 44.0 Å². The molecule has 4 rings (SSSR count). The first-order valence-corrected chi connectivity index (χ1v) is 11.9. The lowest BCUT2D eigenvalue weighted by molar-refractivity contribution is 0.0303. The molecule has 3 amide bonds. The van der Waals surface area contributed by atoms with Crippen molar-refractivity contribution < 1.29 is 14.3 Å². The number of urea groups is 1. The van der Waals surface area contributed by atoms with Gasteiger partial charge >= 0.3 is 6.03 Å². The van der Waals surface area contributed by atoms with Crippen molar-refractivity contribution in [3.05, 3.63) is 36.0 Å². The molecule has 10 nitrogen and oxygen atoms in total. The minimum absolute atomic E-state index is 0.00639. The number of morpholine rings is 1. The quantitative estimate of drug-likeness (QED) is 0.573. The average Bonchev–Trinajstić information content (AvgIpc) is 3.38. The van der Waals surface area contributed by atoms with Crippen molar-refractivity contribution in [2.45, 2.75) is 38.6 Å². The summed E-state index contributed by atoms with van der Waals surface area (Å²) in [7, 11) is 1.71. The van der Waals surface area contributed by atoms with Gasteiger partial charge in [0.25, 0.3) is 5.91 Å². The Kier molecular flexibility index (Phi) is 7.79. The van der Waals surface area contributed by atoms with Gasteiger partial charge in [-0.2, -0.15) is 4.98 Å². The zero-order valence-corrected chi connectivity index (χ0v) is 19.8. The molecular weight excluding hydrogens is 434 g/mol. The monoisotopic (exact) mass is 467 g/mol. The minimum Gasteiger partial charge on any atom is -0.378 e. The lowest BCUT2D eigenvalue weighted by Crippen LogP contribution is -2.40. The second kappa shape index (κ2) is 11.1. The molecule has 2 aliphatic rings. The van der Waals surface area contributed by atoms with E-state index in [0.717, 1.165) is 18.5 Å². The number of carbonyl (C=O) groups is 2. The van der Waals surface area contributed by atoms with Crippen LogP contribution in [0.5, 0.6) is 0 Å². The Balaban J connectivity index is 1.49. The third kappa shape index (κ3) is 5.74. The molecule has 0 spiro atoms. The van der Waals surface area contributed by atoms with Crippen LogP contribution in [-0.2, 0) is 4.74 Å². The molecule has 0 unspecified atom stereocenters. The predicted molar refractivity (Wildman–Crippen MR) is 132 cm³/mol. The maximum Gasteiger partial charge on any atom is 0.321 e. The van der Waals surface area contributed by atoms with Crippen LogP contribution < -0.4 is 20.9 Å². The molecular formula is C24H33N7O3. The third-order valence-corrected chi connectivity index (χ3v) is 6.15. The molecule has 1 saturated heterocycles. The van der Waals surface area contributed by atoms with Crippen molar-refractivity contribution in [1.82, 2.24) is 20.2 Å². The van der Waals surface area contributed by atoms with E-state index in [0.29, 0.717) is 61.9 Å². The number of nitrogens with one attached hydrogen (secondary N) is 3. The van der Waals surface area contributed by atoms with Gasteiger partial charge in [0.2, 0.25) is 5.95 Å². The number of hydrogen-bond donors (Lipinski definition) is 3. The Morgan fingerprint density at radius 2 is 1.85 bits per heavy atom. The Labute approximate surface area is 200 Å². The number of anilines is 4. The maximum absolute atomic E-state index is 12.7. The van der Waals surface area contributed by atoms with Crippen molar-refractivity contribution in [1.29, 1.82) is 0 Å². The van der Waals surface area contributed by atoms with Crippen LogP contribution in [0.2, 0.25) is 0 Å². The summed E-state index contributed by atoms with van der Waals surface area (Å²) in [4.78, 5) is 37.5. The van der Waals surface area contributed by atoms with Crippen LogP contribution in [0.4, 0.5) is 27.9 Å². The van der Waals surface area contributed by atoms with E-state index in [9.17, 15) is 9.59 Å². The topological polar surface area (TPSA) is 112 Å². The zero-order valence-electron chi connectivity index (χ0n) is 19.8. The van der Waals surface area contributed by atoms with E-state index < -0.39 is 0 Å². The Bertz CT molecular complexity index is 987. The van der Waals surface area contributed by atoms with E-state index >= 15 is 0 Å². The highest BCUT2D eigenvalue weighted by atomic mass is 16.5. The summed E-state index contributed by atoms with van der Waals surface area (Å²) in [5.41, 5.74) is 2.03. The van der Waals surface area contributed by atoms with E-state index in [2.05, 4.69) is 25.9 Å². The van der Waals surface area contributed by atoms with Crippen LogP contribution in [0.1, 0.15) is 43.0 Å². The van der Waals surface area contributed by atoms with Crippen LogP contribution in [0.15, 0.2) is 30.5 Å². The van der Waals surface area contributed by atoms with Gasteiger partial charge in [0.1, 0.15) is 5.69 Å². The maximum atomic E-state index is 12.7. The van der Waals surface area contributed by atoms with E-state index in [1.165, 1.54) is 17.7 Å². The number of hydrogen-bond acceptors (Lipinski definition) is 7. The molecule has 10 heteroatoms. The summed E-state index contributed by atoms with van der Waals surface area (Å²) in [6, 6.07) is 7.41. The van der Waals surface area contributed by atoms with Gasteiger partial charge < -0.3 is 25.6 Å². The number of ether oxygens (including phenoxy) is 1. The van der Waals surface area contributed by atoms with Crippen LogP contribution in [0, 0.1) is 0 Å². The van der Waals surface area contributed by atoms with Crippen molar-refractivity contribution in [3.8, 4) is 0 Å². The highest BCUT2D eigenvalue weighted by molar-refractivity contribution is 5.95. The van der Waals surface area contributed by atoms with Crippen molar-refractivity contribution in [2.75, 3.05) is 55.4 Å². The SMILES string of the molecule is CCNC(=O)N(C)c1cnc(Nc2ccc(C(=O)N3CCOCC3)cc2)nc1NC1CCCC1. The largest absolute Gasteiger partial charge is 0.378 e. The molecule has 34 heavy (non-hydrogen) atoms. The fourth-order valence-electron chi connectivity index (χ4n) is 4.20. The van der Waals surface area contributed by atoms with Crippen LogP contribution >= 0.6 is 0 Å². The average molecular weight is 468 g/mol. The Morgan fingerprint density at radius 3 is 2.53 bits per heavy atom. The minimum atomic E-state index is -0.207. The second-order valence-electron chi connectivity index (χ2n) is 8.55. The Hall–Kier alpha value is -3.40. The summed E-state index contributed by atoms with van der Waals surface area (Å²) >= 11 is 0. The lowest BCUT2D eigenvalue weighted by Gasteiger charge is -2.26. The summed E-state index contributed by atoms with van der Waals surface area (Å²) in [5.74, 6) is 1.05. The molecule has 1 aliphatic heterocycles. The molecule has 2 heterocycles. The molecule has 182 valence electrons. The van der Waals surface area contributed by atoms with Gasteiger partial charge in [-0.25, -0.2) is 9.78 Å². The molecule has 0 radical (unpaired) electrons. The molecule has 1 aromatic heterocycles. The molecule has 0 atom stereocenters. The van der Waals surface area contributed by atoms with Gasteiger partial charge in [0.05, 0.1) is 19.4 Å². The van der Waals surface area contributed by atoms with Crippen molar-refractivity contribution in [3.63, 3.8) is 0 Å². The summed E-state index contributed by atoms with van der Waals surface area (Å²) in [6.45, 7) is 4.79. The third-order valence-electron chi connectivity index (χ3n) is 6.15. The van der Waals surface area contributed by atoms with Gasteiger partial charge in [-0.15, -0.1) is 0 Å². The number of aromatic nitrogens is 2. The van der Waals surface area contributed by atoms with Crippen LogP contribution in [-0.4, -0.2) is 72.7 Å². The van der Waals surface area contributed by atoms with Crippen LogP contribution in [0.3, 0.4) is 0 Å². The zero-order chi connectivity index (χ0) is 23.9. The first kappa shape index (κ1) is 23.7. The van der Waals surface area contributed by atoms with E-state index in [1.54, 1.807) is 30.3 Å². The number of carbonyl (C=O) groups excluding carboxylic acids is 2. The number of rotatable bonds is 7. The van der Waals surface area contributed by atoms with Gasteiger partial charge in [-0.1, -0.05) is 12.8 Å². The molecule has 3 N–H and O–H groups in total. The smallest absolute Gasteiger partial charge is 0.321 e. The fraction of sp³-hybridized carbons (Fsp3) is 0.500. The molecule has 1 aromatic carbocycles. The molecule has 1 aliphatic carbocycles. The highest BCUT2D eigenvalue weighted by Crippen LogP contribution is 2.29. The van der Waals surface area contributed by atoms with Crippen molar-refractivity contribution in [2.24, 2.45) is 0 Å². The lowest BCUT2D eigenvalue weighted by atomic mass is 10.1. The predicted octanol–water partition coefficient (Wildman–Crippen LogP) is 3.21. The fourth-order valence-corrected chi connectivity index (χ4v) is 4.20. The summed E-state index contributed by atoms with van der Waals surface area (Å²) in [6.07, 6.45) is 6.18. The first-order valence-electron chi connectivity index (χ1n) is 11.9. The first-order chi connectivity index (χ1) is 16.5. The summed E-state index contributed by atoms with van der Waals surface area (Å²) < 4.78 is 5.32. The van der Waals surface area contributed by atoms with E-state index in [4.69, 9.17) is 4.74 Å². The molecule has 0 bridgehead atoms. The van der Waals surface area contributed by atoms with E-state index in [1.807, 2.05) is 19.1 Å². The normalized spacial score (nSPS) is 16.2. The van der Waals surface area contributed by atoms with Gasteiger partial charge in [-0.3, -0.25) is 9.69 Å². The van der Waals surface area contributed by atoms with Crippen LogP contribution in [0.25, 0.3) is 0 Å². The van der Waals surface area contributed by atoms with E-state index in [-0.39, 0.29) is 11.9 Å². The molecule has 2 fully saturated rings. The highest BCUT2D eigenvalue weighted by Gasteiger charge is 2.22. The molecule has 2 aromatic rings. The number of nitrogens with zero attached hydrogens (tertiary/aromatic N) is 4. The Morgan fingerprint density at radius 1 is 1.15 bits per heavy atom. The van der Waals surface area contributed by atoms with Gasteiger partial charge in [0, 0.05) is 44.0 Å². The van der Waals surface area contributed by atoms with Crippen molar-refractivity contribution >= 4 is 35.1 Å². The number of amides is 3. The second-order valence-corrected chi connectivity index (χ2v) is 8.55. The summed E-state index contributed by atoms with van der Waals surface area (Å²) in [5, 5.41) is 9.52. The standard InChI is InChI=1S/C24H33N7O3/c1-3-25-24(33)30(2)20-16-26-23(29-21(20)27-18-6-4-5-7-18)28-19-10-8-17(9-11-19)22(32)31-12-14-34-15-13-31/h8-11,16,18H,3-7,12-15H2,1-2H3,(H,25,33)(H2,26,27,28,29). The van der Waals surface area contributed by atoms with Gasteiger partial charge in [0.15, 0.2) is 5.82 Å². The number of benzene rings is 1.